The molecule has 5 atom stereocenters. The number of ether oxygens (including phenoxy) is 2. The molecule has 0 bridgehead atoms. The maximum Gasteiger partial charge on any atom is 0.167 e. The van der Waals surface area contributed by atoms with Crippen LogP contribution in [-0.2, 0) is 16.1 Å². The van der Waals surface area contributed by atoms with E-state index in [2.05, 4.69) is 10.0 Å². The zero-order valence-corrected chi connectivity index (χ0v) is 12.3. The molecule has 21 heavy (non-hydrogen) atoms. The predicted octanol–water partition coefficient (Wildman–Crippen LogP) is 3.01. The van der Waals surface area contributed by atoms with Gasteiger partial charge in [0.15, 0.2) is 6.29 Å². The third kappa shape index (κ3) is 3.74. The number of aliphatic hydroxyl groups excluding tert-OH is 1. The first-order chi connectivity index (χ1) is 10.2. The van der Waals surface area contributed by atoms with Crippen molar-refractivity contribution >= 4 is 0 Å². The summed E-state index contributed by atoms with van der Waals surface area (Å²) in [6.07, 6.45) is -0.987. The summed E-state index contributed by atoms with van der Waals surface area (Å²) in [7, 11) is 0. The molecular formula is C15H21N3O3. The van der Waals surface area contributed by atoms with Crippen molar-refractivity contribution in [3.63, 3.8) is 0 Å². The minimum Gasteiger partial charge on any atom is -0.390 e. The van der Waals surface area contributed by atoms with Crippen LogP contribution >= 0.6 is 0 Å². The lowest BCUT2D eigenvalue weighted by molar-refractivity contribution is -0.164. The summed E-state index contributed by atoms with van der Waals surface area (Å²) >= 11 is 0. The molecule has 1 aromatic carbocycles. The molecule has 114 valence electrons. The first-order valence-electron chi connectivity index (χ1n) is 7.20. The summed E-state index contributed by atoms with van der Waals surface area (Å²) in [6.45, 7) is 4.18. The van der Waals surface area contributed by atoms with Crippen LogP contribution in [0.5, 0.6) is 0 Å². The topological polar surface area (TPSA) is 87.5 Å². The summed E-state index contributed by atoms with van der Waals surface area (Å²) in [5.74, 6) is -0.0865. The van der Waals surface area contributed by atoms with Gasteiger partial charge in [-0.1, -0.05) is 49.3 Å². The predicted molar refractivity (Wildman–Crippen MR) is 78.3 cm³/mol. The van der Waals surface area contributed by atoms with Crippen molar-refractivity contribution in [1.82, 2.24) is 0 Å². The van der Waals surface area contributed by atoms with Crippen LogP contribution in [0.15, 0.2) is 35.4 Å². The number of aliphatic hydroxyl groups is 1. The van der Waals surface area contributed by atoms with Crippen LogP contribution in [-0.4, -0.2) is 29.6 Å². The average molecular weight is 291 g/mol. The second-order valence-electron chi connectivity index (χ2n) is 5.30. The van der Waals surface area contributed by atoms with Gasteiger partial charge in [-0.3, -0.25) is 0 Å². The van der Waals surface area contributed by atoms with E-state index in [0.29, 0.717) is 13.0 Å². The van der Waals surface area contributed by atoms with Gasteiger partial charge in [0, 0.05) is 4.91 Å². The molecule has 1 aliphatic heterocycles. The Morgan fingerprint density at radius 2 is 2.14 bits per heavy atom. The van der Waals surface area contributed by atoms with E-state index in [-0.39, 0.29) is 12.0 Å². The average Bonchev–Trinajstić information content (AvgIpc) is 2.83. The van der Waals surface area contributed by atoms with E-state index in [1.54, 1.807) is 0 Å². The van der Waals surface area contributed by atoms with E-state index in [4.69, 9.17) is 15.0 Å². The molecule has 1 N–H and O–H groups in total. The van der Waals surface area contributed by atoms with E-state index in [1.165, 1.54) is 0 Å². The largest absolute Gasteiger partial charge is 0.390 e. The number of hydrogen-bond donors (Lipinski definition) is 1. The van der Waals surface area contributed by atoms with Crippen LogP contribution in [0.3, 0.4) is 0 Å². The lowest BCUT2D eigenvalue weighted by Crippen LogP contribution is -2.31. The van der Waals surface area contributed by atoms with Gasteiger partial charge in [-0.25, -0.2) is 0 Å². The van der Waals surface area contributed by atoms with Crippen molar-refractivity contribution < 1.29 is 14.6 Å². The molecule has 2 rings (SSSR count). The molecule has 1 heterocycles. The van der Waals surface area contributed by atoms with Crippen LogP contribution in [0.2, 0.25) is 0 Å². The zero-order chi connectivity index (χ0) is 15.2. The number of nitrogens with zero attached hydrogens (tertiary/aromatic N) is 3. The fourth-order valence-electron chi connectivity index (χ4n) is 2.58. The highest BCUT2D eigenvalue weighted by Crippen LogP contribution is 2.33. The van der Waals surface area contributed by atoms with Gasteiger partial charge in [-0.05, 0) is 23.4 Å². The van der Waals surface area contributed by atoms with E-state index >= 15 is 0 Å². The molecule has 1 unspecified atom stereocenters. The van der Waals surface area contributed by atoms with Gasteiger partial charge in [-0.2, -0.15) is 0 Å². The third-order valence-corrected chi connectivity index (χ3v) is 3.87. The van der Waals surface area contributed by atoms with Crippen molar-refractivity contribution in [2.24, 2.45) is 11.0 Å². The SMILES string of the molecule is CC[C@H](O)[C@H]1O[C@H](OCc2ccccc2)C(N=[N+]=[N-])[C@@H]1C. The van der Waals surface area contributed by atoms with Crippen molar-refractivity contribution in [2.45, 2.75) is 51.4 Å². The summed E-state index contributed by atoms with van der Waals surface area (Å²) in [5, 5.41) is 13.8. The number of benzene rings is 1. The number of hydrogen-bond acceptors (Lipinski definition) is 4. The Hall–Kier alpha value is -1.59. The highest BCUT2D eigenvalue weighted by Gasteiger charge is 2.44. The van der Waals surface area contributed by atoms with Crippen LogP contribution in [0.25, 0.3) is 10.4 Å². The Morgan fingerprint density at radius 1 is 1.43 bits per heavy atom. The van der Waals surface area contributed by atoms with Crippen molar-refractivity contribution in [3.05, 3.63) is 46.3 Å². The molecule has 6 heteroatoms. The molecule has 0 radical (unpaired) electrons. The van der Waals surface area contributed by atoms with Crippen LogP contribution in [0.4, 0.5) is 0 Å². The fourth-order valence-corrected chi connectivity index (χ4v) is 2.58. The van der Waals surface area contributed by atoms with Gasteiger partial charge in [0.1, 0.15) is 0 Å². The molecule has 0 aromatic heterocycles. The summed E-state index contributed by atoms with van der Waals surface area (Å²) in [4.78, 5) is 2.88. The fraction of sp³-hybridized carbons (Fsp3) is 0.600. The van der Waals surface area contributed by atoms with Crippen LogP contribution in [0, 0.1) is 5.92 Å². The Kier molecular flexibility index (Phi) is 5.59. The normalized spacial score (nSPS) is 29.9. The molecule has 0 saturated carbocycles. The lowest BCUT2D eigenvalue weighted by atomic mass is 9.94. The molecule has 1 aromatic rings. The van der Waals surface area contributed by atoms with E-state index in [0.717, 1.165) is 5.56 Å². The summed E-state index contributed by atoms with van der Waals surface area (Å²) in [6, 6.07) is 9.30. The maximum absolute atomic E-state index is 10.0. The lowest BCUT2D eigenvalue weighted by Gasteiger charge is -2.20. The first-order valence-corrected chi connectivity index (χ1v) is 7.20. The third-order valence-electron chi connectivity index (χ3n) is 3.87. The number of azide groups is 1. The van der Waals surface area contributed by atoms with E-state index < -0.39 is 18.4 Å². The van der Waals surface area contributed by atoms with Crippen LogP contribution < -0.4 is 0 Å². The van der Waals surface area contributed by atoms with Gasteiger partial charge in [0.25, 0.3) is 0 Å². The maximum atomic E-state index is 10.0. The Labute approximate surface area is 124 Å². The Balaban J connectivity index is 2.04. The zero-order valence-electron chi connectivity index (χ0n) is 12.3. The molecule has 0 spiro atoms. The van der Waals surface area contributed by atoms with Crippen molar-refractivity contribution in [1.29, 1.82) is 0 Å². The van der Waals surface area contributed by atoms with Gasteiger partial charge in [-0.15, -0.1) is 0 Å². The minimum absolute atomic E-state index is 0.0865. The van der Waals surface area contributed by atoms with Crippen molar-refractivity contribution in [3.8, 4) is 0 Å². The summed E-state index contributed by atoms with van der Waals surface area (Å²) < 4.78 is 11.5. The second-order valence-corrected chi connectivity index (χ2v) is 5.30. The standard InChI is InChI=1S/C15H21N3O3/c1-3-12(19)14-10(2)13(17-18-16)15(21-14)20-9-11-7-5-4-6-8-11/h4-8,10,12-15,19H,3,9H2,1-2H3/t10-,12-,13?,14-,15-/m0/s1. The Morgan fingerprint density at radius 3 is 2.76 bits per heavy atom. The summed E-state index contributed by atoms with van der Waals surface area (Å²) in [5.41, 5.74) is 9.74. The highest BCUT2D eigenvalue weighted by atomic mass is 16.7. The van der Waals surface area contributed by atoms with E-state index in [9.17, 15) is 5.11 Å². The van der Waals surface area contributed by atoms with Gasteiger partial charge in [0.2, 0.25) is 0 Å². The van der Waals surface area contributed by atoms with Crippen LogP contribution in [0.1, 0.15) is 25.8 Å². The van der Waals surface area contributed by atoms with Gasteiger partial charge in [0.05, 0.1) is 24.9 Å². The van der Waals surface area contributed by atoms with E-state index in [1.807, 2.05) is 44.2 Å². The van der Waals surface area contributed by atoms with Crippen molar-refractivity contribution in [2.75, 3.05) is 0 Å². The molecule has 1 aliphatic rings. The first kappa shape index (κ1) is 15.8. The molecule has 0 aliphatic carbocycles. The minimum atomic E-state index is -0.623. The molecule has 0 amide bonds. The Bertz CT molecular complexity index is 490. The number of rotatable bonds is 6. The second kappa shape index (κ2) is 7.43. The molecular weight excluding hydrogens is 270 g/mol. The molecule has 1 saturated heterocycles. The van der Waals surface area contributed by atoms with Gasteiger partial charge < -0.3 is 14.6 Å². The monoisotopic (exact) mass is 291 g/mol. The smallest absolute Gasteiger partial charge is 0.167 e. The molecule has 6 nitrogen and oxygen atoms in total. The van der Waals surface area contributed by atoms with Gasteiger partial charge >= 0.3 is 0 Å². The highest BCUT2D eigenvalue weighted by molar-refractivity contribution is 5.13. The quantitative estimate of drug-likeness (QED) is 0.496. The molecule has 1 fully saturated rings.